The number of benzene rings is 1. The molecule has 2 aromatic heterocycles. The summed E-state index contributed by atoms with van der Waals surface area (Å²) in [5.41, 5.74) is 2.29. The van der Waals surface area contributed by atoms with E-state index in [9.17, 15) is 4.79 Å². The summed E-state index contributed by atoms with van der Waals surface area (Å²) in [7, 11) is 1.71. The van der Waals surface area contributed by atoms with Gasteiger partial charge in [0.1, 0.15) is 0 Å². The molecule has 0 aliphatic carbocycles. The van der Waals surface area contributed by atoms with Crippen molar-refractivity contribution in [3.63, 3.8) is 0 Å². The Labute approximate surface area is 113 Å². The molecule has 1 aromatic carbocycles. The monoisotopic (exact) mass is 273 g/mol. The summed E-state index contributed by atoms with van der Waals surface area (Å²) >= 11 is 1.44. The van der Waals surface area contributed by atoms with Gasteiger partial charge in [0.2, 0.25) is 0 Å². The lowest BCUT2D eigenvalue weighted by molar-refractivity contribution is 0.102. The molecule has 0 fully saturated rings. The van der Waals surface area contributed by atoms with Gasteiger partial charge >= 0.3 is 0 Å². The number of thiazole rings is 1. The van der Waals surface area contributed by atoms with E-state index in [2.05, 4.69) is 20.6 Å². The molecule has 96 valence electrons. The Kier molecular flexibility index (Phi) is 2.75. The number of fused-ring (bicyclic) bond motifs is 1. The molecule has 0 saturated heterocycles. The second-order valence-electron chi connectivity index (χ2n) is 4.17. The molecule has 0 atom stereocenters. The van der Waals surface area contributed by atoms with Crippen molar-refractivity contribution in [2.24, 2.45) is 7.05 Å². The fourth-order valence-corrected chi connectivity index (χ4v) is 2.69. The maximum Gasteiger partial charge on any atom is 0.279 e. The first-order valence-corrected chi connectivity index (χ1v) is 6.49. The van der Waals surface area contributed by atoms with Gasteiger partial charge in [-0.25, -0.2) is 4.98 Å². The predicted molar refractivity (Wildman–Crippen MR) is 73.3 cm³/mol. The lowest BCUT2D eigenvalue weighted by Crippen LogP contribution is -2.12. The zero-order valence-corrected chi connectivity index (χ0v) is 11.2. The molecule has 19 heavy (non-hydrogen) atoms. The molecule has 0 spiro atoms. The van der Waals surface area contributed by atoms with Crippen LogP contribution in [0.5, 0.6) is 0 Å². The van der Waals surface area contributed by atoms with Crippen molar-refractivity contribution in [2.45, 2.75) is 6.92 Å². The minimum atomic E-state index is -0.301. The van der Waals surface area contributed by atoms with Crippen molar-refractivity contribution in [1.82, 2.24) is 20.0 Å². The van der Waals surface area contributed by atoms with E-state index in [1.165, 1.54) is 16.0 Å². The summed E-state index contributed by atoms with van der Waals surface area (Å²) in [6.45, 7) is 2.00. The van der Waals surface area contributed by atoms with Crippen LogP contribution in [0.2, 0.25) is 0 Å². The Hall–Kier alpha value is -2.28. The van der Waals surface area contributed by atoms with E-state index in [0.717, 1.165) is 15.8 Å². The van der Waals surface area contributed by atoms with Crippen LogP contribution in [0.25, 0.3) is 10.2 Å². The molecule has 0 radical (unpaired) electrons. The van der Waals surface area contributed by atoms with Crippen molar-refractivity contribution >= 4 is 32.6 Å². The fraction of sp³-hybridized carbons (Fsp3) is 0.167. The van der Waals surface area contributed by atoms with Crippen LogP contribution < -0.4 is 5.32 Å². The Morgan fingerprint density at radius 1 is 1.42 bits per heavy atom. The van der Waals surface area contributed by atoms with Gasteiger partial charge in [0.15, 0.2) is 10.8 Å². The Balaban J connectivity index is 1.89. The van der Waals surface area contributed by atoms with Crippen LogP contribution in [0.3, 0.4) is 0 Å². The molecule has 1 amide bonds. The quantitative estimate of drug-likeness (QED) is 0.775. The third kappa shape index (κ3) is 2.19. The third-order valence-corrected chi connectivity index (χ3v) is 3.61. The number of nitrogens with one attached hydrogen (secondary N) is 1. The lowest BCUT2D eigenvalue weighted by atomic mass is 10.2. The number of aryl methyl sites for hydroxylation is 2. The number of carbonyl (C=O) groups is 1. The summed E-state index contributed by atoms with van der Waals surface area (Å²) in [5, 5.41) is 10.8. The molecule has 2 heterocycles. The molecule has 6 nitrogen and oxygen atoms in total. The first-order chi connectivity index (χ1) is 9.13. The Morgan fingerprint density at radius 2 is 2.26 bits per heavy atom. The van der Waals surface area contributed by atoms with E-state index in [0.29, 0.717) is 5.13 Å². The average molecular weight is 273 g/mol. The van der Waals surface area contributed by atoms with Gasteiger partial charge in [-0.3, -0.25) is 14.8 Å². The number of anilines is 1. The van der Waals surface area contributed by atoms with E-state index < -0.39 is 0 Å². The lowest BCUT2D eigenvalue weighted by Gasteiger charge is -1.95. The molecule has 7 heteroatoms. The number of amides is 1. The highest BCUT2D eigenvalue weighted by Crippen LogP contribution is 2.27. The zero-order chi connectivity index (χ0) is 13.4. The van der Waals surface area contributed by atoms with Gasteiger partial charge < -0.3 is 0 Å². The standard InChI is InChI=1S/C12H11N5OS/c1-7-4-3-5-9-10(7)13-12(19-9)14-11(18)8-6-17(2)16-15-8/h3-6H,1-2H3,(H,13,14,18). The van der Waals surface area contributed by atoms with Crippen LogP contribution >= 0.6 is 11.3 Å². The van der Waals surface area contributed by atoms with Crippen LogP contribution in [0.1, 0.15) is 16.1 Å². The second-order valence-corrected chi connectivity index (χ2v) is 5.20. The van der Waals surface area contributed by atoms with Crippen molar-refractivity contribution in [3.05, 3.63) is 35.7 Å². The maximum absolute atomic E-state index is 11.9. The van der Waals surface area contributed by atoms with Crippen molar-refractivity contribution < 1.29 is 4.79 Å². The third-order valence-electron chi connectivity index (χ3n) is 2.68. The Bertz CT molecular complexity index is 760. The molecule has 0 unspecified atom stereocenters. The summed E-state index contributed by atoms with van der Waals surface area (Å²) < 4.78 is 2.53. The predicted octanol–water partition coefficient (Wildman–Crippen LogP) is 1.99. The highest BCUT2D eigenvalue weighted by Gasteiger charge is 2.13. The molecule has 3 aromatic rings. The van der Waals surface area contributed by atoms with Gasteiger partial charge in [0, 0.05) is 7.05 Å². The van der Waals surface area contributed by atoms with Crippen LogP contribution in [-0.4, -0.2) is 25.9 Å². The minimum Gasteiger partial charge on any atom is -0.296 e. The summed E-state index contributed by atoms with van der Waals surface area (Å²) in [5.74, 6) is -0.301. The number of carbonyl (C=O) groups excluding carboxylic acids is 1. The smallest absolute Gasteiger partial charge is 0.279 e. The van der Waals surface area contributed by atoms with Crippen LogP contribution in [0.15, 0.2) is 24.4 Å². The van der Waals surface area contributed by atoms with Gasteiger partial charge in [0.25, 0.3) is 5.91 Å². The van der Waals surface area contributed by atoms with Crippen molar-refractivity contribution in [3.8, 4) is 0 Å². The number of para-hydroxylation sites is 1. The van der Waals surface area contributed by atoms with E-state index in [4.69, 9.17) is 0 Å². The molecule has 0 aliphatic rings. The van der Waals surface area contributed by atoms with E-state index in [-0.39, 0.29) is 11.6 Å². The van der Waals surface area contributed by atoms with E-state index >= 15 is 0 Å². The highest BCUT2D eigenvalue weighted by molar-refractivity contribution is 7.22. The number of hydrogen-bond acceptors (Lipinski definition) is 5. The summed E-state index contributed by atoms with van der Waals surface area (Å²) in [6.07, 6.45) is 1.56. The molecule has 1 N–H and O–H groups in total. The van der Waals surface area contributed by atoms with Gasteiger partial charge in [-0.05, 0) is 18.6 Å². The van der Waals surface area contributed by atoms with Crippen molar-refractivity contribution in [2.75, 3.05) is 5.32 Å². The highest BCUT2D eigenvalue weighted by atomic mass is 32.1. The van der Waals surface area contributed by atoms with Gasteiger partial charge in [-0.2, -0.15) is 0 Å². The topological polar surface area (TPSA) is 72.7 Å². The molecule has 0 aliphatic heterocycles. The summed E-state index contributed by atoms with van der Waals surface area (Å²) in [4.78, 5) is 16.3. The number of nitrogens with zero attached hydrogens (tertiary/aromatic N) is 4. The molecular weight excluding hydrogens is 262 g/mol. The van der Waals surface area contributed by atoms with Crippen molar-refractivity contribution in [1.29, 1.82) is 0 Å². The molecular formula is C12H11N5OS. The Morgan fingerprint density at radius 3 is 2.95 bits per heavy atom. The molecule has 0 saturated carbocycles. The fourth-order valence-electron chi connectivity index (χ4n) is 1.75. The van der Waals surface area contributed by atoms with E-state index in [1.807, 2.05) is 25.1 Å². The largest absolute Gasteiger partial charge is 0.296 e. The summed E-state index contributed by atoms with van der Waals surface area (Å²) in [6, 6.07) is 5.96. The zero-order valence-electron chi connectivity index (χ0n) is 10.4. The van der Waals surface area contributed by atoms with Crippen LogP contribution in [0.4, 0.5) is 5.13 Å². The van der Waals surface area contributed by atoms with Gasteiger partial charge in [-0.1, -0.05) is 28.7 Å². The number of hydrogen-bond donors (Lipinski definition) is 1. The van der Waals surface area contributed by atoms with Gasteiger partial charge in [0.05, 0.1) is 16.4 Å². The second kappa shape index (κ2) is 4.43. The first kappa shape index (κ1) is 11.8. The SMILES string of the molecule is Cc1cccc2sc(NC(=O)c3cn(C)nn3)nc12. The minimum absolute atomic E-state index is 0.276. The maximum atomic E-state index is 11.9. The first-order valence-electron chi connectivity index (χ1n) is 5.67. The normalized spacial score (nSPS) is 10.8. The average Bonchev–Trinajstić information content (AvgIpc) is 2.96. The molecule has 0 bridgehead atoms. The number of aromatic nitrogens is 4. The van der Waals surface area contributed by atoms with Crippen LogP contribution in [-0.2, 0) is 7.05 Å². The number of rotatable bonds is 2. The van der Waals surface area contributed by atoms with Crippen LogP contribution in [0, 0.1) is 6.92 Å². The molecule has 3 rings (SSSR count). The van der Waals surface area contributed by atoms with Gasteiger partial charge in [-0.15, -0.1) is 5.10 Å². The van der Waals surface area contributed by atoms with E-state index in [1.54, 1.807) is 13.2 Å².